The summed E-state index contributed by atoms with van der Waals surface area (Å²) in [4.78, 5) is 4.01. The first-order valence-corrected chi connectivity index (χ1v) is 7.00. The van der Waals surface area contributed by atoms with Gasteiger partial charge in [0.2, 0.25) is 5.88 Å². The average molecular weight is 311 g/mol. The lowest BCUT2D eigenvalue weighted by Crippen LogP contribution is -2.19. The van der Waals surface area contributed by atoms with E-state index < -0.39 is 0 Å². The van der Waals surface area contributed by atoms with Crippen LogP contribution in [-0.4, -0.2) is 35.0 Å². The molecular weight excluding hydrogens is 292 g/mol. The van der Waals surface area contributed by atoms with Crippen molar-refractivity contribution in [3.05, 3.63) is 34.7 Å². The summed E-state index contributed by atoms with van der Waals surface area (Å²) >= 11 is 5.92. The first kappa shape index (κ1) is 15.8. The monoisotopic (exact) mass is 310 g/mol. The first-order valence-electron chi connectivity index (χ1n) is 6.62. The molecule has 0 aromatic carbocycles. The fraction of sp³-hybridized carbons (Fsp3) is 0.429. The van der Waals surface area contributed by atoms with Crippen LogP contribution < -0.4 is 10.1 Å². The molecule has 2 heterocycles. The molecular formula is C14H19ClN4O2. The lowest BCUT2D eigenvalue weighted by molar-refractivity contribution is 0.199. The van der Waals surface area contributed by atoms with Crippen LogP contribution in [0.1, 0.15) is 11.3 Å². The number of aryl methyl sites for hydroxylation is 2. The van der Waals surface area contributed by atoms with E-state index >= 15 is 0 Å². The molecule has 1 N–H and O–H groups in total. The van der Waals surface area contributed by atoms with E-state index in [2.05, 4.69) is 15.4 Å². The molecule has 0 aliphatic heterocycles. The van der Waals surface area contributed by atoms with Crippen LogP contribution in [0.15, 0.2) is 18.5 Å². The maximum absolute atomic E-state index is 5.92. The van der Waals surface area contributed by atoms with E-state index in [1.807, 2.05) is 14.0 Å². The molecule has 7 heteroatoms. The highest BCUT2D eigenvalue weighted by atomic mass is 35.5. The van der Waals surface area contributed by atoms with Crippen LogP contribution in [-0.2, 0) is 18.3 Å². The van der Waals surface area contributed by atoms with E-state index in [-0.39, 0.29) is 0 Å². The lowest BCUT2D eigenvalue weighted by Gasteiger charge is -2.09. The molecule has 0 bridgehead atoms. The molecule has 6 nitrogen and oxygen atoms in total. The van der Waals surface area contributed by atoms with Gasteiger partial charge in [-0.25, -0.2) is 4.68 Å². The second kappa shape index (κ2) is 7.40. The van der Waals surface area contributed by atoms with Crippen LogP contribution in [0.25, 0.3) is 0 Å². The van der Waals surface area contributed by atoms with E-state index in [9.17, 15) is 0 Å². The third-order valence-corrected chi connectivity index (χ3v) is 3.17. The first-order chi connectivity index (χ1) is 10.1. The Morgan fingerprint density at radius 3 is 2.90 bits per heavy atom. The van der Waals surface area contributed by atoms with Crippen LogP contribution in [0.4, 0.5) is 0 Å². The van der Waals surface area contributed by atoms with Crippen molar-refractivity contribution in [3.63, 3.8) is 0 Å². The number of hydrogen-bond donors (Lipinski definition) is 1. The zero-order valence-electron chi connectivity index (χ0n) is 12.4. The van der Waals surface area contributed by atoms with Crippen molar-refractivity contribution in [3.8, 4) is 11.6 Å². The summed E-state index contributed by atoms with van der Waals surface area (Å²) in [5.41, 5.74) is 1.93. The highest BCUT2D eigenvalue weighted by molar-refractivity contribution is 6.30. The third-order valence-electron chi connectivity index (χ3n) is 2.97. The van der Waals surface area contributed by atoms with Crippen LogP contribution in [0.3, 0.4) is 0 Å². The number of aromatic nitrogens is 3. The molecule has 0 radical (unpaired) electrons. The van der Waals surface area contributed by atoms with E-state index in [4.69, 9.17) is 21.1 Å². The Morgan fingerprint density at radius 2 is 2.19 bits per heavy atom. The van der Waals surface area contributed by atoms with Crippen LogP contribution >= 0.6 is 11.6 Å². The molecule has 0 fully saturated rings. The van der Waals surface area contributed by atoms with Gasteiger partial charge in [-0.15, -0.1) is 0 Å². The van der Waals surface area contributed by atoms with Gasteiger partial charge in [0.05, 0.1) is 29.1 Å². The van der Waals surface area contributed by atoms with Gasteiger partial charge in [-0.05, 0) is 6.92 Å². The summed E-state index contributed by atoms with van der Waals surface area (Å²) in [5.74, 6) is 1.27. The standard InChI is InChI=1S/C14H19ClN4O2/c1-10-13(9-16-4-5-20-3)14(19(2)18-10)21-12-6-11(15)7-17-8-12/h6-8,16H,4-5,9H2,1-3H3. The minimum Gasteiger partial charge on any atom is -0.437 e. The Labute approximate surface area is 129 Å². The largest absolute Gasteiger partial charge is 0.437 e. The van der Waals surface area contributed by atoms with E-state index in [0.717, 1.165) is 17.8 Å². The van der Waals surface area contributed by atoms with Gasteiger partial charge in [-0.3, -0.25) is 4.98 Å². The summed E-state index contributed by atoms with van der Waals surface area (Å²) in [6.07, 6.45) is 3.19. The number of hydrogen-bond acceptors (Lipinski definition) is 5. The zero-order chi connectivity index (χ0) is 15.2. The third kappa shape index (κ3) is 4.17. The Morgan fingerprint density at radius 1 is 1.38 bits per heavy atom. The fourth-order valence-corrected chi connectivity index (χ4v) is 2.12. The van der Waals surface area contributed by atoms with Gasteiger partial charge < -0.3 is 14.8 Å². The van der Waals surface area contributed by atoms with Crippen LogP contribution in [0.2, 0.25) is 5.02 Å². The highest BCUT2D eigenvalue weighted by Crippen LogP contribution is 2.27. The molecule has 0 aliphatic carbocycles. The summed E-state index contributed by atoms with van der Waals surface area (Å²) < 4.78 is 12.6. The zero-order valence-corrected chi connectivity index (χ0v) is 13.1. The Kier molecular flexibility index (Phi) is 5.55. The molecule has 0 aliphatic rings. The molecule has 114 valence electrons. The van der Waals surface area contributed by atoms with Crippen LogP contribution in [0.5, 0.6) is 11.6 Å². The van der Waals surface area contributed by atoms with E-state index in [1.165, 1.54) is 0 Å². The number of halogens is 1. The minimum absolute atomic E-state index is 0.533. The molecule has 0 saturated carbocycles. The van der Waals surface area contributed by atoms with E-state index in [1.54, 1.807) is 30.3 Å². The SMILES string of the molecule is COCCNCc1c(C)nn(C)c1Oc1cncc(Cl)c1. The number of nitrogens with one attached hydrogen (secondary N) is 1. The Bertz CT molecular complexity index is 601. The van der Waals surface area contributed by atoms with Gasteiger partial charge in [0.1, 0.15) is 5.75 Å². The number of pyridine rings is 1. The Balaban J connectivity index is 2.14. The maximum atomic E-state index is 5.92. The normalized spacial score (nSPS) is 10.9. The lowest BCUT2D eigenvalue weighted by atomic mass is 10.2. The quantitative estimate of drug-likeness (QED) is 0.795. The van der Waals surface area contributed by atoms with Crippen molar-refractivity contribution >= 4 is 11.6 Å². The second-order valence-electron chi connectivity index (χ2n) is 4.60. The minimum atomic E-state index is 0.533. The number of methoxy groups -OCH3 is 1. The van der Waals surface area contributed by atoms with Crippen molar-refractivity contribution in [1.29, 1.82) is 0 Å². The molecule has 2 rings (SSSR count). The number of rotatable bonds is 7. The topological polar surface area (TPSA) is 61.2 Å². The smallest absolute Gasteiger partial charge is 0.222 e. The van der Waals surface area contributed by atoms with Gasteiger partial charge >= 0.3 is 0 Å². The van der Waals surface area contributed by atoms with Gasteiger partial charge in [0, 0.05) is 39.5 Å². The number of nitrogens with zero attached hydrogens (tertiary/aromatic N) is 3. The predicted molar refractivity (Wildman–Crippen MR) is 80.8 cm³/mol. The van der Waals surface area contributed by atoms with Crippen molar-refractivity contribution in [1.82, 2.24) is 20.1 Å². The van der Waals surface area contributed by atoms with Crippen molar-refractivity contribution in [2.24, 2.45) is 7.05 Å². The molecule has 2 aromatic rings. The molecule has 0 atom stereocenters. The fourth-order valence-electron chi connectivity index (χ4n) is 1.96. The van der Waals surface area contributed by atoms with Gasteiger partial charge in [-0.2, -0.15) is 5.10 Å². The highest BCUT2D eigenvalue weighted by Gasteiger charge is 2.15. The molecule has 0 amide bonds. The van der Waals surface area contributed by atoms with Crippen molar-refractivity contribution < 1.29 is 9.47 Å². The van der Waals surface area contributed by atoms with Crippen LogP contribution in [0, 0.1) is 6.92 Å². The van der Waals surface area contributed by atoms with Crippen molar-refractivity contribution in [2.45, 2.75) is 13.5 Å². The average Bonchev–Trinajstić information content (AvgIpc) is 2.70. The van der Waals surface area contributed by atoms with Gasteiger partial charge in [0.15, 0.2) is 0 Å². The van der Waals surface area contributed by atoms with Crippen molar-refractivity contribution in [2.75, 3.05) is 20.3 Å². The van der Waals surface area contributed by atoms with Gasteiger partial charge in [0.25, 0.3) is 0 Å². The Hall–Kier alpha value is -1.63. The molecule has 2 aromatic heterocycles. The summed E-state index contributed by atoms with van der Waals surface area (Å²) in [5, 5.41) is 8.22. The summed E-state index contributed by atoms with van der Waals surface area (Å²) in [6.45, 7) is 4.04. The predicted octanol–water partition coefficient (Wildman–Crippen LogP) is 2.31. The summed E-state index contributed by atoms with van der Waals surface area (Å²) in [7, 11) is 3.52. The molecule has 0 spiro atoms. The summed E-state index contributed by atoms with van der Waals surface area (Å²) in [6, 6.07) is 1.72. The van der Waals surface area contributed by atoms with Gasteiger partial charge in [-0.1, -0.05) is 11.6 Å². The van der Waals surface area contributed by atoms with E-state index in [0.29, 0.717) is 29.8 Å². The molecule has 21 heavy (non-hydrogen) atoms. The molecule has 0 unspecified atom stereocenters. The number of ether oxygens (including phenoxy) is 2. The molecule has 0 saturated heterocycles. The second-order valence-corrected chi connectivity index (χ2v) is 5.04. The maximum Gasteiger partial charge on any atom is 0.222 e.